The molecule has 0 spiro atoms. The first-order valence-corrected chi connectivity index (χ1v) is 4.51. The van der Waals surface area contributed by atoms with Gasteiger partial charge in [0.25, 0.3) is 0 Å². The van der Waals surface area contributed by atoms with Crippen molar-refractivity contribution >= 4 is 17.3 Å². The standard InChI is InChI=1S/C9H9ClF3N/c10-5-7-3-1-2-4-8(7)14-6-9(11,12)13/h1-4,14H,5-6H2. The Morgan fingerprint density at radius 3 is 2.43 bits per heavy atom. The summed E-state index contributed by atoms with van der Waals surface area (Å²) < 4.78 is 35.6. The van der Waals surface area contributed by atoms with Crippen molar-refractivity contribution in [3.63, 3.8) is 0 Å². The van der Waals surface area contributed by atoms with Crippen molar-refractivity contribution in [2.75, 3.05) is 11.9 Å². The second-order valence-corrected chi connectivity index (χ2v) is 3.03. The van der Waals surface area contributed by atoms with E-state index >= 15 is 0 Å². The maximum atomic E-state index is 11.9. The highest BCUT2D eigenvalue weighted by Crippen LogP contribution is 2.20. The Morgan fingerprint density at radius 1 is 1.21 bits per heavy atom. The van der Waals surface area contributed by atoms with E-state index in [0.717, 1.165) is 0 Å². The highest BCUT2D eigenvalue weighted by atomic mass is 35.5. The van der Waals surface area contributed by atoms with Crippen molar-refractivity contribution in [2.45, 2.75) is 12.1 Å². The molecule has 0 saturated carbocycles. The van der Waals surface area contributed by atoms with Crippen molar-refractivity contribution < 1.29 is 13.2 Å². The molecule has 1 aromatic carbocycles. The molecule has 0 radical (unpaired) electrons. The maximum absolute atomic E-state index is 11.9. The van der Waals surface area contributed by atoms with Crippen molar-refractivity contribution in [1.82, 2.24) is 0 Å². The number of nitrogens with one attached hydrogen (secondary N) is 1. The van der Waals surface area contributed by atoms with Crippen LogP contribution in [0.5, 0.6) is 0 Å². The van der Waals surface area contributed by atoms with E-state index in [1.165, 1.54) is 0 Å². The first kappa shape index (κ1) is 11.2. The minimum absolute atomic E-state index is 0.195. The Morgan fingerprint density at radius 2 is 1.86 bits per heavy atom. The molecule has 0 saturated heterocycles. The Hall–Kier alpha value is -0.900. The summed E-state index contributed by atoms with van der Waals surface area (Å²) in [6.07, 6.45) is -4.21. The number of halogens is 4. The quantitative estimate of drug-likeness (QED) is 0.775. The topological polar surface area (TPSA) is 12.0 Å². The van der Waals surface area contributed by atoms with Gasteiger partial charge in [-0.2, -0.15) is 13.2 Å². The predicted molar refractivity (Wildman–Crippen MR) is 50.5 cm³/mol. The van der Waals surface area contributed by atoms with Crippen LogP contribution in [0, 0.1) is 0 Å². The lowest BCUT2D eigenvalue weighted by Crippen LogP contribution is -2.21. The van der Waals surface area contributed by atoms with Gasteiger partial charge in [-0.15, -0.1) is 11.6 Å². The molecule has 1 nitrogen and oxygen atoms in total. The van der Waals surface area contributed by atoms with Gasteiger partial charge in [0.1, 0.15) is 6.54 Å². The molecule has 0 aliphatic carbocycles. The monoisotopic (exact) mass is 223 g/mol. The molecule has 0 aliphatic rings. The van der Waals surface area contributed by atoms with Gasteiger partial charge in [-0.1, -0.05) is 18.2 Å². The Bertz CT molecular complexity index is 298. The number of hydrogen-bond acceptors (Lipinski definition) is 1. The van der Waals surface area contributed by atoms with Crippen LogP contribution in [0.25, 0.3) is 0 Å². The molecule has 0 aliphatic heterocycles. The molecule has 0 atom stereocenters. The third kappa shape index (κ3) is 3.46. The fraction of sp³-hybridized carbons (Fsp3) is 0.333. The molecule has 0 bridgehead atoms. The highest BCUT2D eigenvalue weighted by Gasteiger charge is 2.26. The maximum Gasteiger partial charge on any atom is 0.405 e. The van der Waals surface area contributed by atoms with E-state index < -0.39 is 12.7 Å². The van der Waals surface area contributed by atoms with Crippen LogP contribution in [0.1, 0.15) is 5.56 Å². The van der Waals surface area contributed by atoms with E-state index in [-0.39, 0.29) is 5.88 Å². The van der Waals surface area contributed by atoms with Gasteiger partial charge in [0, 0.05) is 11.6 Å². The van der Waals surface area contributed by atoms with Crippen LogP contribution < -0.4 is 5.32 Å². The minimum Gasteiger partial charge on any atom is -0.376 e. The van der Waals surface area contributed by atoms with Crippen LogP contribution in [0.3, 0.4) is 0 Å². The molecular weight excluding hydrogens is 215 g/mol. The van der Waals surface area contributed by atoms with Crippen LogP contribution >= 0.6 is 11.6 Å². The summed E-state index contributed by atoms with van der Waals surface area (Å²) in [5.41, 5.74) is 1.10. The van der Waals surface area contributed by atoms with E-state index in [2.05, 4.69) is 5.32 Å². The van der Waals surface area contributed by atoms with Crippen molar-refractivity contribution in [3.8, 4) is 0 Å². The van der Waals surface area contributed by atoms with Gasteiger partial charge in [0.15, 0.2) is 0 Å². The molecule has 0 heterocycles. The largest absolute Gasteiger partial charge is 0.405 e. The molecule has 5 heteroatoms. The SMILES string of the molecule is FC(F)(F)CNc1ccccc1CCl. The second kappa shape index (κ2) is 4.55. The number of benzene rings is 1. The third-order valence-electron chi connectivity index (χ3n) is 1.64. The van der Waals surface area contributed by atoms with Gasteiger partial charge in [-0.25, -0.2) is 0 Å². The Kier molecular flexibility index (Phi) is 3.63. The number of rotatable bonds is 3. The van der Waals surface area contributed by atoms with E-state index in [9.17, 15) is 13.2 Å². The fourth-order valence-electron chi connectivity index (χ4n) is 1.00. The first-order valence-electron chi connectivity index (χ1n) is 3.97. The van der Waals surface area contributed by atoms with E-state index in [4.69, 9.17) is 11.6 Å². The number of anilines is 1. The summed E-state index contributed by atoms with van der Waals surface area (Å²) in [6, 6.07) is 6.65. The zero-order chi connectivity index (χ0) is 10.6. The average molecular weight is 224 g/mol. The lowest BCUT2D eigenvalue weighted by Gasteiger charge is -2.11. The lowest BCUT2D eigenvalue weighted by atomic mass is 10.2. The van der Waals surface area contributed by atoms with Crippen LogP contribution in [0.15, 0.2) is 24.3 Å². The van der Waals surface area contributed by atoms with E-state index in [1.807, 2.05) is 0 Å². The zero-order valence-electron chi connectivity index (χ0n) is 7.24. The smallest absolute Gasteiger partial charge is 0.376 e. The molecule has 0 unspecified atom stereocenters. The Balaban J connectivity index is 2.67. The zero-order valence-corrected chi connectivity index (χ0v) is 7.99. The van der Waals surface area contributed by atoms with E-state index in [0.29, 0.717) is 11.3 Å². The summed E-state index contributed by atoms with van der Waals surface area (Å²) in [7, 11) is 0. The molecule has 1 N–H and O–H groups in total. The Labute approximate surface area is 84.9 Å². The molecule has 1 aromatic rings. The highest BCUT2D eigenvalue weighted by molar-refractivity contribution is 6.17. The van der Waals surface area contributed by atoms with Crippen molar-refractivity contribution in [1.29, 1.82) is 0 Å². The fourth-order valence-corrected chi connectivity index (χ4v) is 1.24. The van der Waals surface area contributed by atoms with Gasteiger partial charge in [-0.3, -0.25) is 0 Å². The molecule has 0 fully saturated rings. The van der Waals surface area contributed by atoms with Gasteiger partial charge in [-0.05, 0) is 11.6 Å². The average Bonchev–Trinajstić information content (AvgIpc) is 2.14. The van der Waals surface area contributed by atoms with Crippen molar-refractivity contribution in [3.05, 3.63) is 29.8 Å². The third-order valence-corrected chi connectivity index (χ3v) is 1.93. The number of alkyl halides is 4. The van der Waals surface area contributed by atoms with Gasteiger partial charge >= 0.3 is 6.18 Å². The first-order chi connectivity index (χ1) is 6.53. The molecular formula is C9H9ClF3N. The summed E-state index contributed by atoms with van der Waals surface area (Å²) in [5, 5.41) is 2.29. The second-order valence-electron chi connectivity index (χ2n) is 2.76. The summed E-state index contributed by atoms with van der Waals surface area (Å²) in [4.78, 5) is 0. The van der Waals surface area contributed by atoms with Gasteiger partial charge in [0.05, 0.1) is 0 Å². The molecule has 78 valence electrons. The van der Waals surface area contributed by atoms with Crippen LogP contribution in [-0.4, -0.2) is 12.7 Å². The van der Waals surface area contributed by atoms with Gasteiger partial charge < -0.3 is 5.32 Å². The summed E-state index contributed by atoms with van der Waals surface area (Å²) in [6.45, 7) is -1.04. The van der Waals surface area contributed by atoms with Crippen LogP contribution in [0.4, 0.5) is 18.9 Å². The number of hydrogen-bond donors (Lipinski definition) is 1. The lowest BCUT2D eigenvalue weighted by molar-refractivity contribution is -0.115. The van der Waals surface area contributed by atoms with Crippen LogP contribution in [-0.2, 0) is 5.88 Å². The van der Waals surface area contributed by atoms with E-state index in [1.54, 1.807) is 24.3 Å². The minimum atomic E-state index is -4.21. The van der Waals surface area contributed by atoms with Gasteiger partial charge in [0.2, 0.25) is 0 Å². The number of para-hydroxylation sites is 1. The normalized spacial score (nSPS) is 11.4. The summed E-state index contributed by atoms with van der Waals surface area (Å²) >= 11 is 5.56. The van der Waals surface area contributed by atoms with Crippen molar-refractivity contribution in [2.24, 2.45) is 0 Å². The predicted octanol–water partition coefficient (Wildman–Crippen LogP) is 3.40. The molecule has 14 heavy (non-hydrogen) atoms. The summed E-state index contributed by atoms with van der Waals surface area (Å²) in [5.74, 6) is 0.195. The molecule has 0 aromatic heterocycles. The van der Waals surface area contributed by atoms with Crippen LogP contribution in [0.2, 0.25) is 0 Å². The molecule has 0 amide bonds. The molecule has 1 rings (SSSR count).